The first-order chi connectivity index (χ1) is 9.41. The van der Waals surface area contributed by atoms with Crippen LogP contribution in [0.5, 0.6) is 0 Å². The van der Waals surface area contributed by atoms with Gasteiger partial charge in [-0.05, 0) is 25.7 Å². The molecule has 0 spiro atoms. The van der Waals surface area contributed by atoms with Crippen molar-refractivity contribution >= 4 is 16.1 Å². The molecule has 0 aromatic rings. The molecule has 2 fully saturated rings. The van der Waals surface area contributed by atoms with Crippen LogP contribution >= 0.6 is 0 Å². The average Bonchev–Trinajstić information content (AvgIpc) is 2.91. The minimum atomic E-state index is -3.41. The first-order valence-corrected chi connectivity index (χ1v) is 8.79. The maximum atomic E-state index is 12.3. The minimum absolute atomic E-state index is 0.0237. The fourth-order valence-electron chi connectivity index (χ4n) is 2.99. The van der Waals surface area contributed by atoms with Gasteiger partial charge in [0.25, 0.3) is 10.2 Å². The zero-order chi connectivity index (χ0) is 14.8. The van der Waals surface area contributed by atoms with Gasteiger partial charge in [-0.25, -0.2) is 0 Å². The van der Waals surface area contributed by atoms with Gasteiger partial charge >= 0.3 is 0 Å². The lowest BCUT2D eigenvalue weighted by molar-refractivity contribution is -0.126. The highest BCUT2D eigenvalue weighted by molar-refractivity contribution is 7.86. The molecule has 1 unspecified atom stereocenters. The molecule has 1 heterocycles. The Bertz CT molecular complexity index is 444. The second-order valence-corrected chi connectivity index (χ2v) is 8.12. The number of rotatable bonds is 4. The molecule has 0 radical (unpaired) electrons. The molecule has 1 saturated carbocycles. The first-order valence-electron chi connectivity index (χ1n) is 7.39. The van der Waals surface area contributed by atoms with Crippen molar-refractivity contribution in [3.63, 3.8) is 0 Å². The Hall–Kier alpha value is -0.660. The highest BCUT2D eigenvalue weighted by Crippen LogP contribution is 2.22. The summed E-state index contributed by atoms with van der Waals surface area (Å²) >= 11 is 0. The summed E-state index contributed by atoms with van der Waals surface area (Å²) < 4.78 is 26.9. The fourth-order valence-corrected chi connectivity index (χ4v) is 4.18. The lowest BCUT2D eigenvalue weighted by Crippen LogP contribution is -2.49. The van der Waals surface area contributed by atoms with E-state index in [0.717, 1.165) is 25.7 Å². The van der Waals surface area contributed by atoms with E-state index in [2.05, 4.69) is 5.32 Å². The van der Waals surface area contributed by atoms with E-state index in [1.165, 1.54) is 35.5 Å². The molecular formula is C13H25N3O3S. The van der Waals surface area contributed by atoms with Gasteiger partial charge in [0.15, 0.2) is 0 Å². The molecule has 2 aliphatic rings. The monoisotopic (exact) mass is 303 g/mol. The van der Waals surface area contributed by atoms with Gasteiger partial charge in [0, 0.05) is 33.2 Å². The van der Waals surface area contributed by atoms with Crippen LogP contribution in [0.4, 0.5) is 0 Å². The fraction of sp³-hybridized carbons (Fsp3) is 0.923. The summed E-state index contributed by atoms with van der Waals surface area (Å²) in [6.45, 7) is 0.812. The van der Waals surface area contributed by atoms with Gasteiger partial charge in [0.05, 0.1) is 5.92 Å². The lowest BCUT2D eigenvalue weighted by atomic mass is 9.98. The number of nitrogens with one attached hydrogen (secondary N) is 1. The third-order valence-electron chi connectivity index (χ3n) is 4.24. The van der Waals surface area contributed by atoms with Crippen LogP contribution in [0.25, 0.3) is 0 Å². The van der Waals surface area contributed by atoms with Crippen LogP contribution in [0.3, 0.4) is 0 Å². The van der Waals surface area contributed by atoms with Crippen LogP contribution in [0.15, 0.2) is 0 Å². The number of amides is 1. The quantitative estimate of drug-likeness (QED) is 0.825. The third kappa shape index (κ3) is 3.51. The predicted molar refractivity (Wildman–Crippen MR) is 77.3 cm³/mol. The summed E-state index contributed by atoms with van der Waals surface area (Å²) in [5.74, 6) is -0.186. The molecule has 1 saturated heterocycles. The summed E-state index contributed by atoms with van der Waals surface area (Å²) in [4.78, 5) is 12.3. The molecule has 7 heteroatoms. The Morgan fingerprint density at radius 1 is 1.15 bits per heavy atom. The third-order valence-corrected chi connectivity index (χ3v) is 6.15. The number of hydrogen-bond donors (Lipinski definition) is 1. The molecule has 1 amide bonds. The maximum absolute atomic E-state index is 12.3. The second kappa shape index (κ2) is 6.41. The van der Waals surface area contributed by atoms with Crippen LogP contribution in [0.1, 0.15) is 38.5 Å². The summed E-state index contributed by atoms with van der Waals surface area (Å²) in [7, 11) is -0.356. The van der Waals surface area contributed by atoms with Gasteiger partial charge in [-0.2, -0.15) is 17.0 Å². The van der Waals surface area contributed by atoms with Gasteiger partial charge in [-0.3, -0.25) is 4.79 Å². The Kier molecular flexibility index (Phi) is 5.04. The zero-order valence-corrected chi connectivity index (χ0v) is 13.2. The van der Waals surface area contributed by atoms with Crippen LogP contribution in [-0.4, -0.2) is 56.2 Å². The zero-order valence-electron chi connectivity index (χ0n) is 12.3. The molecule has 20 heavy (non-hydrogen) atoms. The molecule has 1 atom stereocenters. The Balaban J connectivity index is 1.94. The highest BCUT2D eigenvalue weighted by atomic mass is 32.2. The van der Waals surface area contributed by atoms with Gasteiger partial charge in [0.1, 0.15) is 0 Å². The normalized spacial score (nSPS) is 26.1. The van der Waals surface area contributed by atoms with Crippen molar-refractivity contribution < 1.29 is 13.2 Å². The van der Waals surface area contributed by atoms with Crippen molar-refractivity contribution in [2.45, 2.75) is 44.6 Å². The largest absolute Gasteiger partial charge is 0.353 e. The van der Waals surface area contributed by atoms with Crippen LogP contribution in [-0.2, 0) is 15.0 Å². The summed E-state index contributed by atoms with van der Waals surface area (Å²) in [6.07, 6.45) is 5.98. The number of carbonyl (C=O) groups is 1. The summed E-state index contributed by atoms with van der Waals surface area (Å²) in [5, 5.41) is 3.08. The van der Waals surface area contributed by atoms with Gasteiger partial charge < -0.3 is 5.32 Å². The lowest BCUT2D eigenvalue weighted by Gasteiger charge is -2.33. The Morgan fingerprint density at radius 3 is 2.40 bits per heavy atom. The van der Waals surface area contributed by atoms with E-state index in [-0.39, 0.29) is 11.8 Å². The van der Waals surface area contributed by atoms with E-state index in [9.17, 15) is 13.2 Å². The molecule has 1 aliphatic carbocycles. The topological polar surface area (TPSA) is 69.7 Å². The molecule has 1 N–H and O–H groups in total. The number of carbonyl (C=O) groups excluding carboxylic acids is 1. The predicted octanol–water partition coefficient (Wildman–Crippen LogP) is 0.564. The number of hydrogen-bond acceptors (Lipinski definition) is 3. The Morgan fingerprint density at radius 2 is 1.80 bits per heavy atom. The number of piperidine rings is 1. The molecule has 2 rings (SSSR count). The minimum Gasteiger partial charge on any atom is -0.353 e. The molecule has 6 nitrogen and oxygen atoms in total. The van der Waals surface area contributed by atoms with E-state index in [4.69, 9.17) is 0 Å². The number of nitrogens with zero attached hydrogens (tertiary/aromatic N) is 2. The standard InChI is InChI=1S/C13H25N3O3S/c1-15(2)20(18,19)16-9-5-6-11(10-16)13(17)14-12-7-3-4-8-12/h11-12H,3-10H2,1-2H3,(H,14,17). The van der Waals surface area contributed by atoms with Crippen molar-refractivity contribution in [2.75, 3.05) is 27.2 Å². The molecule has 0 aromatic carbocycles. The van der Waals surface area contributed by atoms with E-state index >= 15 is 0 Å². The second-order valence-electron chi connectivity index (χ2n) is 5.98. The summed E-state index contributed by atoms with van der Waals surface area (Å²) in [5.41, 5.74) is 0. The van der Waals surface area contributed by atoms with Crippen LogP contribution < -0.4 is 5.32 Å². The van der Waals surface area contributed by atoms with Gasteiger partial charge in [0.2, 0.25) is 5.91 Å². The van der Waals surface area contributed by atoms with Crippen LogP contribution in [0, 0.1) is 5.92 Å². The first kappa shape index (κ1) is 15.7. The SMILES string of the molecule is CN(C)S(=O)(=O)N1CCCC(C(=O)NC2CCCC2)C1. The van der Waals surface area contributed by atoms with Gasteiger partial charge in [-0.15, -0.1) is 0 Å². The van der Waals surface area contributed by atoms with Crippen molar-refractivity contribution in [1.82, 2.24) is 13.9 Å². The smallest absolute Gasteiger partial charge is 0.281 e. The maximum Gasteiger partial charge on any atom is 0.281 e. The van der Waals surface area contributed by atoms with Gasteiger partial charge in [-0.1, -0.05) is 12.8 Å². The van der Waals surface area contributed by atoms with Crippen molar-refractivity contribution in [3.8, 4) is 0 Å². The van der Waals surface area contributed by atoms with E-state index in [1.807, 2.05) is 0 Å². The van der Waals surface area contributed by atoms with Crippen molar-refractivity contribution in [1.29, 1.82) is 0 Å². The van der Waals surface area contributed by atoms with Crippen LogP contribution in [0.2, 0.25) is 0 Å². The van der Waals surface area contributed by atoms with E-state index < -0.39 is 10.2 Å². The van der Waals surface area contributed by atoms with Crippen molar-refractivity contribution in [2.24, 2.45) is 5.92 Å². The van der Waals surface area contributed by atoms with E-state index in [1.54, 1.807) is 0 Å². The molecule has 116 valence electrons. The highest BCUT2D eigenvalue weighted by Gasteiger charge is 2.34. The van der Waals surface area contributed by atoms with Crippen molar-refractivity contribution in [3.05, 3.63) is 0 Å². The molecular weight excluding hydrogens is 278 g/mol. The molecule has 1 aliphatic heterocycles. The Labute approximate surface area is 121 Å². The summed E-state index contributed by atoms with van der Waals surface area (Å²) in [6, 6.07) is 0.295. The average molecular weight is 303 g/mol. The molecule has 0 aromatic heterocycles. The van der Waals surface area contributed by atoms with E-state index in [0.29, 0.717) is 19.1 Å². The molecule has 0 bridgehead atoms.